The molecule has 0 amide bonds. The molecule has 3 heterocycles. The van der Waals surface area contributed by atoms with Gasteiger partial charge in [-0.1, -0.05) is 0 Å². The van der Waals surface area contributed by atoms with Crippen molar-refractivity contribution < 1.29 is 0 Å². The highest BCUT2D eigenvalue weighted by Crippen LogP contribution is 2.36. The van der Waals surface area contributed by atoms with Crippen LogP contribution in [-0.4, -0.2) is 40.9 Å². The first-order valence-electron chi connectivity index (χ1n) is 6.28. The van der Waals surface area contributed by atoms with E-state index in [1.54, 1.807) is 0 Å². The Balaban J connectivity index is 0.00000120. The molecule has 2 fully saturated rings. The second kappa shape index (κ2) is 5.49. The zero-order valence-corrected chi connectivity index (χ0v) is 13.1. The molecule has 0 bridgehead atoms. The van der Waals surface area contributed by atoms with Crippen LogP contribution in [0, 0.1) is 5.41 Å². The van der Waals surface area contributed by atoms with E-state index in [1.807, 2.05) is 17.9 Å². The first kappa shape index (κ1) is 14.3. The Hall–Kier alpha value is -0.100. The van der Waals surface area contributed by atoms with Gasteiger partial charge < -0.3 is 5.32 Å². The summed E-state index contributed by atoms with van der Waals surface area (Å²) in [6.45, 7) is 5.87. The summed E-state index contributed by atoms with van der Waals surface area (Å²) in [4.78, 5) is 2.56. The van der Waals surface area contributed by atoms with Crippen molar-refractivity contribution in [3.63, 3.8) is 0 Å². The van der Waals surface area contributed by atoms with E-state index < -0.39 is 0 Å². The molecule has 18 heavy (non-hydrogen) atoms. The predicted octanol–water partition coefficient (Wildman–Crippen LogP) is 1.79. The van der Waals surface area contributed by atoms with E-state index in [-0.39, 0.29) is 12.4 Å². The van der Waals surface area contributed by atoms with Gasteiger partial charge >= 0.3 is 0 Å². The van der Waals surface area contributed by atoms with Crippen molar-refractivity contribution in [3.8, 4) is 0 Å². The lowest BCUT2D eigenvalue weighted by atomic mass is 9.87. The SMILES string of the molecule is Cl.Cn1ncc(Br)c1CN1CCC2(CCNC2)C1. The van der Waals surface area contributed by atoms with Crippen molar-refractivity contribution in [2.45, 2.75) is 19.4 Å². The van der Waals surface area contributed by atoms with E-state index in [9.17, 15) is 0 Å². The third-order valence-corrected chi connectivity index (χ3v) is 4.90. The summed E-state index contributed by atoms with van der Waals surface area (Å²) in [6, 6.07) is 0. The standard InChI is InChI=1S/C12H19BrN4.ClH/c1-16-11(10(13)6-15-16)7-17-5-3-12(9-17)2-4-14-8-12;/h6,14H,2-5,7-9H2,1H3;1H. The molecule has 0 aliphatic carbocycles. The van der Waals surface area contributed by atoms with Gasteiger partial charge in [0.1, 0.15) is 0 Å². The molecular weight excluding hydrogens is 316 g/mol. The van der Waals surface area contributed by atoms with Crippen molar-refractivity contribution in [1.29, 1.82) is 0 Å². The lowest BCUT2D eigenvalue weighted by Crippen LogP contribution is -2.29. The fraction of sp³-hybridized carbons (Fsp3) is 0.750. The molecule has 1 aromatic heterocycles. The van der Waals surface area contributed by atoms with E-state index >= 15 is 0 Å². The van der Waals surface area contributed by atoms with Gasteiger partial charge in [-0.05, 0) is 47.3 Å². The molecule has 0 radical (unpaired) electrons. The van der Waals surface area contributed by atoms with Crippen LogP contribution in [-0.2, 0) is 13.6 Å². The summed E-state index contributed by atoms with van der Waals surface area (Å²) >= 11 is 3.58. The molecule has 2 aliphatic heterocycles. The predicted molar refractivity (Wildman–Crippen MR) is 78.0 cm³/mol. The minimum Gasteiger partial charge on any atom is -0.316 e. The Morgan fingerprint density at radius 1 is 1.50 bits per heavy atom. The number of hydrogen-bond acceptors (Lipinski definition) is 3. The second-order valence-corrected chi connectivity index (χ2v) is 6.30. The normalized spacial score (nSPS) is 27.9. The maximum Gasteiger partial charge on any atom is 0.0663 e. The number of nitrogens with one attached hydrogen (secondary N) is 1. The Morgan fingerprint density at radius 2 is 2.33 bits per heavy atom. The van der Waals surface area contributed by atoms with E-state index in [0.29, 0.717) is 5.41 Å². The van der Waals surface area contributed by atoms with Crippen LogP contribution in [0.4, 0.5) is 0 Å². The van der Waals surface area contributed by atoms with Gasteiger partial charge in [-0.3, -0.25) is 9.58 Å². The summed E-state index contributed by atoms with van der Waals surface area (Å²) in [7, 11) is 2.02. The number of halogens is 2. The molecule has 102 valence electrons. The van der Waals surface area contributed by atoms with Crippen LogP contribution in [0.5, 0.6) is 0 Å². The molecule has 1 spiro atoms. The summed E-state index contributed by atoms with van der Waals surface area (Å²) in [5.41, 5.74) is 1.85. The zero-order chi connectivity index (χ0) is 11.9. The van der Waals surface area contributed by atoms with Crippen LogP contribution in [0.1, 0.15) is 18.5 Å². The zero-order valence-electron chi connectivity index (χ0n) is 10.7. The Bertz CT molecular complexity index is 395. The summed E-state index contributed by atoms with van der Waals surface area (Å²) in [5.74, 6) is 0. The van der Waals surface area contributed by atoms with Gasteiger partial charge in [0.25, 0.3) is 0 Å². The quantitative estimate of drug-likeness (QED) is 0.894. The highest BCUT2D eigenvalue weighted by atomic mass is 79.9. The van der Waals surface area contributed by atoms with E-state index in [0.717, 1.165) is 11.0 Å². The largest absolute Gasteiger partial charge is 0.316 e. The van der Waals surface area contributed by atoms with E-state index in [2.05, 4.69) is 31.2 Å². The third kappa shape index (κ3) is 2.59. The minimum absolute atomic E-state index is 0. The number of likely N-dealkylation sites (tertiary alicyclic amines) is 1. The minimum atomic E-state index is 0. The summed E-state index contributed by atoms with van der Waals surface area (Å²) < 4.78 is 3.10. The number of rotatable bonds is 2. The molecule has 1 N–H and O–H groups in total. The molecule has 2 aliphatic rings. The van der Waals surface area contributed by atoms with Gasteiger partial charge in [0.05, 0.1) is 16.4 Å². The van der Waals surface area contributed by atoms with Gasteiger partial charge in [0.2, 0.25) is 0 Å². The highest BCUT2D eigenvalue weighted by molar-refractivity contribution is 9.10. The lowest BCUT2D eigenvalue weighted by Gasteiger charge is -2.22. The van der Waals surface area contributed by atoms with Crippen LogP contribution in [0.25, 0.3) is 0 Å². The molecule has 2 saturated heterocycles. The van der Waals surface area contributed by atoms with Crippen LogP contribution in [0.3, 0.4) is 0 Å². The highest BCUT2D eigenvalue weighted by Gasteiger charge is 2.40. The molecule has 0 saturated carbocycles. The first-order valence-corrected chi connectivity index (χ1v) is 7.07. The smallest absolute Gasteiger partial charge is 0.0663 e. The van der Waals surface area contributed by atoms with Gasteiger partial charge in [0.15, 0.2) is 0 Å². The molecule has 0 aromatic carbocycles. The van der Waals surface area contributed by atoms with Crippen molar-refractivity contribution in [2.24, 2.45) is 12.5 Å². The monoisotopic (exact) mass is 334 g/mol. The Labute approximate surface area is 123 Å². The molecule has 1 atom stereocenters. The van der Waals surface area contributed by atoms with Crippen LogP contribution < -0.4 is 5.32 Å². The molecular formula is C12H20BrClN4. The third-order valence-electron chi connectivity index (χ3n) is 4.23. The fourth-order valence-corrected chi connectivity index (χ4v) is 3.61. The average molecular weight is 336 g/mol. The molecule has 1 unspecified atom stereocenters. The lowest BCUT2D eigenvalue weighted by molar-refractivity contribution is 0.263. The van der Waals surface area contributed by atoms with Crippen LogP contribution >= 0.6 is 28.3 Å². The number of nitrogens with zero attached hydrogens (tertiary/aromatic N) is 3. The number of aromatic nitrogens is 2. The maximum absolute atomic E-state index is 4.28. The summed E-state index contributed by atoms with van der Waals surface area (Å²) in [5, 5.41) is 7.78. The van der Waals surface area contributed by atoms with Gasteiger partial charge in [-0.25, -0.2) is 0 Å². The van der Waals surface area contributed by atoms with Gasteiger partial charge in [-0.15, -0.1) is 12.4 Å². The van der Waals surface area contributed by atoms with Crippen LogP contribution in [0.15, 0.2) is 10.7 Å². The maximum atomic E-state index is 4.28. The molecule has 6 heteroatoms. The summed E-state index contributed by atoms with van der Waals surface area (Å²) in [6.07, 6.45) is 4.57. The Kier molecular flexibility index (Phi) is 4.36. The van der Waals surface area contributed by atoms with E-state index in [1.165, 1.54) is 44.7 Å². The number of aryl methyl sites for hydroxylation is 1. The molecule has 1 aromatic rings. The molecule has 3 rings (SSSR count). The first-order chi connectivity index (χ1) is 8.19. The van der Waals surface area contributed by atoms with E-state index in [4.69, 9.17) is 0 Å². The van der Waals surface area contributed by atoms with Gasteiger partial charge in [0, 0.05) is 26.7 Å². The van der Waals surface area contributed by atoms with Gasteiger partial charge in [-0.2, -0.15) is 5.10 Å². The van der Waals surface area contributed by atoms with Crippen molar-refractivity contribution in [3.05, 3.63) is 16.4 Å². The van der Waals surface area contributed by atoms with Crippen LogP contribution in [0.2, 0.25) is 0 Å². The van der Waals surface area contributed by atoms with Crippen molar-refractivity contribution in [2.75, 3.05) is 26.2 Å². The fourth-order valence-electron chi connectivity index (χ4n) is 3.13. The van der Waals surface area contributed by atoms with Crippen molar-refractivity contribution in [1.82, 2.24) is 20.0 Å². The molecule has 4 nitrogen and oxygen atoms in total. The average Bonchev–Trinajstić information content (AvgIpc) is 3.00. The van der Waals surface area contributed by atoms with Crippen molar-refractivity contribution >= 4 is 28.3 Å². The number of hydrogen-bond donors (Lipinski definition) is 1. The Morgan fingerprint density at radius 3 is 2.94 bits per heavy atom. The topological polar surface area (TPSA) is 33.1 Å². The second-order valence-electron chi connectivity index (χ2n) is 5.45.